The van der Waals surface area contributed by atoms with Crippen molar-refractivity contribution in [3.63, 3.8) is 0 Å². The molecule has 5 aromatic rings. The number of hydrogen-bond donors (Lipinski definition) is 0. The van der Waals surface area contributed by atoms with E-state index in [-0.39, 0.29) is 12.3 Å². The maximum absolute atomic E-state index is 12.7. The third-order valence-corrected chi connectivity index (χ3v) is 5.63. The summed E-state index contributed by atoms with van der Waals surface area (Å²) in [6, 6.07) is 13.4. The van der Waals surface area contributed by atoms with Gasteiger partial charge in [0.25, 0.3) is 0 Å². The van der Waals surface area contributed by atoms with E-state index < -0.39 is 5.97 Å². The quantitative estimate of drug-likeness (QED) is 0.332. The number of furan rings is 1. The number of benzene rings is 2. The van der Waals surface area contributed by atoms with E-state index in [4.69, 9.17) is 18.6 Å². The van der Waals surface area contributed by atoms with Crippen LogP contribution in [0.3, 0.4) is 0 Å². The van der Waals surface area contributed by atoms with E-state index in [9.17, 15) is 4.79 Å². The van der Waals surface area contributed by atoms with E-state index in [0.29, 0.717) is 29.0 Å². The molecule has 0 atom stereocenters. The zero-order chi connectivity index (χ0) is 23.8. The Morgan fingerprint density at radius 2 is 1.85 bits per heavy atom. The number of hydrogen-bond acceptors (Lipinski definition) is 7. The van der Waals surface area contributed by atoms with E-state index in [1.165, 1.54) is 0 Å². The molecule has 0 radical (unpaired) electrons. The van der Waals surface area contributed by atoms with Gasteiger partial charge in [0.05, 0.1) is 33.1 Å². The number of ether oxygens (including phenoxy) is 3. The number of carbonyl (C=O) groups excluding carboxylic acids is 1. The van der Waals surface area contributed by atoms with Gasteiger partial charge in [0.15, 0.2) is 5.58 Å². The van der Waals surface area contributed by atoms with Crippen LogP contribution in [0.25, 0.3) is 33.3 Å². The van der Waals surface area contributed by atoms with Crippen LogP contribution >= 0.6 is 0 Å². The molecule has 34 heavy (non-hydrogen) atoms. The average molecular weight is 460 g/mol. The van der Waals surface area contributed by atoms with Crippen molar-refractivity contribution in [1.29, 1.82) is 0 Å². The summed E-state index contributed by atoms with van der Waals surface area (Å²) in [6.07, 6.45) is 1.87. The highest BCUT2D eigenvalue weighted by Crippen LogP contribution is 2.39. The molecule has 0 amide bonds. The van der Waals surface area contributed by atoms with Crippen LogP contribution in [0.5, 0.6) is 11.5 Å². The molecule has 0 unspecified atom stereocenters. The molecule has 9 heteroatoms. The predicted octanol–water partition coefficient (Wildman–Crippen LogP) is 4.43. The number of aromatic nitrogens is 4. The molecule has 3 heterocycles. The Balaban J connectivity index is 1.72. The van der Waals surface area contributed by atoms with E-state index in [0.717, 1.165) is 28.0 Å². The molecule has 0 saturated carbocycles. The lowest BCUT2D eigenvalue weighted by molar-refractivity contribution is 0.0519. The summed E-state index contributed by atoms with van der Waals surface area (Å²) in [5.74, 6) is 0.856. The Kier molecular flexibility index (Phi) is 5.45. The van der Waals surface area contributed by atoms with Gasteiger partial charge in [-0.15, -0.1) is 0 Å². The van der Waals surface area contributed by atoms with Crippen molar-refractivity contribution in [1.82, 2.24) is 19.6 Å². The number of aryl methyl sites for hydroxylation is 1. The smallest absolute Gasteiger partial charge is 0.362 e. The van der Waals surface area contributed by atoms with Gasteiger partial charge in [0.1, 0.15) is 22.6 Å². The Hall–Kier alpha value is -4.27. The third kappa shape index (κ3) is 3.64. The fourth-order valence-corrected chi connectivity index (χ4v) is 4.02. The molecule has 0 bridgehead atoms. The van der Waals surface area contributed by atoms with Crippen LogP contribution < -0.4 is 9.47 Å². The van der Waals surface area contributed by atoms with Gasteiger partial charge in [0.2, 0.25) is 5.69 Å². The van der Waals surface area contributed by atoms with Gasteiger partial charge in [0, 0.05) is 30.3 Å². The van der Waals surface area contributed by atoms with E-state index in [2.05, 4.69) is 10.2 Å². The van der Waals surface area contributed by atoms with Crippen LogP contribution in [0.4, 0.5) is 0 Å². The molecule has 0 N–H and O–H groups in total. The summed E-state index contributed by atoms with van der Waals surface area (Å²) in [5.41, 5.74) is 4.37. The minimum Gasteiger partial charge on any atom is -0.497 e. The van der Waals surface area contributed by atoms with Crippen molar-refractivity contribution in [3.05, 3.63) is 59.9 Å². The second-order valence-corrected chi connectivity index (χ2v) is 7.78. The van der Waals surface area contributed by atoms with Crippen LogP contribution in [0.1, 0.15) is 23.0 Å². The van der Waals surface area contributed by atoms with Crippen LogP contribution in [0, 0.1) is 0 Å². The summed E-state index contributed by atoms with van der Waals surface area (Å²) < 4.78 is 25.7. The first kappa shape index (κ1) is 21.6. The van der Waals surface area contributed by atoms with Crippen molar-refractivity contribution >= 4 is 28.0 Å². The first-order valence-electron chi connectivity index (χ1n) is 10.8. The lowest BCUT2D eigenvalue weighted by Crippen LogP contribution is -2.08. The summed E-state index contributed by atoms with van der Waals surface area (Å²) >= 11 is 0. The molecule has 0 aliphatic heterocycles. The van der Waals surface area contributed by atoms with Crippen molar-refractivity contribution in [2.24, 2.45) is 7.05 Å². The minimum atomic E-state index is -0.531. The zero-order valence-corrected chi connectivity index (χ0v) is 19.4. The van der Waals surface area contributed by atoms with Gasteiger partial charge in [-0.1, -0.05) is 12.1 Å². The summed E-state index contributed by atoms with van der Waals surface area (Å²) in [7, 11) is 5.09. The lowest BCUT2D eigenvalue weighted by Gasteiger charge is -2.08. The third-order valence-electron chi connectivity index (χ3n) is 5.63. The standard InChI is InChI=1S/C25H24N4O5/c1-5-33-25(30)22-24-23(29(27-22)14-15-6-8-16(31-3)9-7-15)18-12-17(19-10-11-28(2)26-19)20(32-4)13-21(18)34-24/h6-13H,5,14H2,1-4H3. The summed E-state index contributed by atoms with van der Waals surface area (Å²) in [4.78, 5) is 12.7. The van der Waals surface area contributed by atoms with Crippen LogP contribution in [-0.4, -0.2) is 46.4 Å². The molecule has 0 saturated heterocycles. The van der Waals surface area contributed by atoms with E-state index in [1.54, 1.807) is 30.5 Å². The number of esters is 1. The van der Waals surface area contributed by atoms with Gasteiger partial charge in [-0.05, 0) is 36.8 Å². The van der Waals surface area contributed by atoms with Crippen LogP contribution in [-0.2, 0) is 18.3 Å². The Morgan fingerprint density at radius 3 is 2.50 bits per heavy atom. The highest BCUT2D eigenvalue weighted by atomic mass is 16.5. The number of rotatable bonds is 7. The molecule has 0 aliphatic carbocycles. The van der Waals surface area contributed by atoms with Gasteiger partial charge in [-0.25, -0.2) is 4.79 Å². The molecule has 3 aromatic heterocycles. The monoisotopic (exact) mass is 460 g/mol. The fourth-order valence-electron chi connectivity index (χ4n) is 4.02. The maximum Gasteiger partial charge on any atom is 0.362 e. The molecule has 174 valence electrons. The highest BCUT2D eigenvalue weighted by Gasteiger charge is 2.26. The Labute approximate surface area is 195 Å². The first-order chi connectivity index (χ1) is 16.5. The van der Waals surface area contributed by atoms with E-state index in [1.807, 2.05) is 55.7 Å². The first-order valence-corrected chi connectivity index (χ1v) is 10.8. The largest absolute Gasteiger partial charge is 0.497 e. The predicted molar refractivity (Wildman–Crippen MR) is 126 cm³/mol. The second-order valence-electron chi connectivity index (χ2n) is 7.78. The molecule has 0 aliphatic rings. The molecule has 0 spiro atoms. The molecule has 0 fully saturated rings. The Bertz CT molecular complexity index is 1490. The van der Waals surface area contributed by atoms with Crippen molar-refractivity contribution in [2.75, 3.05) is 20.8 Å². The molecule has 9 nitrogen and oxygen atoms in total. The lowest BCUT2D eigenvalue weighted by atomic mass is 10.1. The van der Waals surface area contributed by atoms with E-state index >= 15 is 0 Å². The molecule has 5 rings (SSSR count). The normalized spacial score (nSPS) is 11.3. The molecular weight excluding hydrogens is 436 g/mol. The van der Waals surface area contributed by atoms with Crippen LogP contribution in [0.2, 0.25) is 0 Å². The Morgan fingerprint density at radius 1 is 1.06 bits per heavy atom. The second kappa shape index (κ2) is 8.58. The summed E-state index contributed by atoms with van der Waals surface area (Å²) in [5, 5.41) is 9.89. The molecular formula is C25H24N4O5. The average Bonchev–Trinajstić information content (AvgIpc) is 3.53. The SMILES string of the molecule is CCOC(=O)c1nn(Cc2ccc(OC)cc2)c2c1oc1cc(OC)c(-c3ccn(C)n3)cc12. The van der Waals surface area contributed by atoms with Crippen LogP contribution in [0.15, 0.2) is 53.1 Å². The topological polar surface area (TPSA) is 93.5 Å². The number of nitrogens with zero attached hydrogens (tertiary/aromatic N) is 4. The summed E-state index contributed by atoms with van der Waals surface area (Å²) in [6.45, 7) is 2.43. The van der Waals surface area contributed by atoms with Crippen molar-refractivity contribution in [3.8, 4) is 22.8 Å². The van der Waals surface area contributed by atoms with Gasteiger partial charge < -0.3 is 18.6 Å². The maximum atomic E-state index is 12.7. The van der Waals surface area contributed by atoms with Crippen molar-refractivity contribution < 1.29 is 23.4 Å². The number of fused-ring (bicyclic) bond motifs is 3. The fraction of sp³-hybridized carbons (Fsp3) is 0.240. The van der Waals surface area contributed by atoms with Crippen molar-refractivity contribution in [2.45, 2.75) is 13.5 Å². The zero-order valence-electron chi connectivity index (χ0n) is 19.4. The number of carbonyl (C=O) groups is 1. The molecule has 2 aromatic carbocycles. The minimum absolute atomic E-state index is 0.139. The van der Waals surface area contributed by atoms with Gasteiger partial charge in [-0.2, -0.15) is 10.2 Å². The van der Waals surface area contributed by atoms with Gasteiger partial charge in [-0.3, -0.25) is 9.36 Å². The van der Waals surface area contributed by atoms with Gasteiger partial charge >= 0.3 is 5.97 Å². The number of methoxy groups -OCH3 is 2. The highest BCUT2D eigenvalue weighted by molar-refractivity contribution is 6.11.